The number of likely N-dealkylation sites (N-methyl/N-ethyl adjacent to an activating group) is 1. The van der Waals surface area contributed by atoms with Crippen molar-refractivity contribution >= 4 is 0 Å². The van der Waals surface area contributed by atoms with Crippen LogP contribution in [0.5, 0.6) is 0 Å². The normalized spacial score (nSPS) is 12.4. The zero-order valence-electron chi connectivity index (χ0n) is 9.79. The van der Waals surface area contributed by atoms with E-state index in [0.29, 0.717) is 13.2 Å². The Morgan fingerprint density at radius 3 is 2.14 bits per heavy atom. The maximum atomic E-state index is 9.55. The predicted octanol–water partition coefficient (Wildman–Crippen LogP) is 1.24. The second kappa shape index (κ2) is 7.21. The fraction of sp³-hybridized carbons (Fsp3) is 1.00. The SMILES string of the molecule is CN(CCCCCCO)CC(C)(C)O. The van der Waals surface area contributed by atoms with Crippen LogP contribution in [0, 0.1) is 0 Å². The minimum atomic E-state index is -0.597. The van der Waals surface area contributed by atoms with Crippen LogP contribution < -0.4 is 0 Å². The lowest BCUT2D eigenvalue weighted by atomic mass is 10.1. The zero-order valence-corrected chi connectivity index (χ0v) is 9.79. The first kappa shape index (κ1) is 13.9. The van der Waals surface area contributed by atoms with Crippen molar-refractivity contribution in [2.75, 3.05) is 26.7 Å². The Hall–Kier alpha value is -0.120. The molecular formula is C11H25NO2. The number of aliphatic hydroxyl groups is 2. The molecule has 0 bridgehead atoms. The first-order chi connectivity index (χ1) is 6.45. The molecule has 0 aromatic rings. The van der Waals surface area contributed by atoms with Gasteiger partial charge in [-0.2, -0.15) is 0 Å². The largest absolute Gasteiger partial charge is 0.396 e. The molecule has 14 heavy (non-hydrogen) atoms. The van der Waals surface area contributed by atoms with Crippen LogP contribution in [-0.2, 0) is 0 Å². The van der Waals surface area contributed by atoms with Gasteiger partial charge in [0.1, 0.15) is 0 Å². The number of rotatable bonds is 8. The minimum Gasteiger partial charge on any atom is -0.396 e. The molecule has 3 heteroatoms. The van der Waals surface area contributed by atoms with Gasteiger partial charge in [0.05, 0.1) is 5.60 Å². The Morgan fingerprint density at radius 1 is 1.07 bits per heavy atom. The van der Waals surface area contributed by atoms with Gasteiger partial charge in [-0.1, -0.05) is 12.8 Å². The Morgan fingerprint density at radius 2 is 1.64 bits per heavy atom. The van der Waals surface area contributed by atoms with Crippen molar-refractivity contribution < 1.29 is 10.2 Å². The molecule has 0 heterocycles. The maximum absolute atomic E-state index is 9.55. The molecule has 0 aliphatic heterocycles. The summed E-state index contributed by atoms with van der Waals surface area (Å²) in [5.74, 6) is 0. The van der Waals surface area contributed by atoms with Gasteiger partial charge in [0.15, 0.2) is 0 Å². The summed E-state index contributed by atoms with van der Waals surface area (Å²) in [6, 6.07) is 0. The summed E-state index contributed by atoms with van der Waals surface area (Å²) in [4.78, 5) is 2.15. The van der Waals surface area contributed by atoms with Gasteiger partial charge in [0.2, 0.25) is 0 Å². The smallest absolute Gasteiger partial charge is 0.0718 e. The van der Waals surface area contributed by atoms with E-state index in [1.807, 2.05) is 20.9 Å². The molecule has 0 radical (unpaired) electrons. The van der Waals surface area contributed by atoms with Crippen LogP contribution in [0.3, 0.4) is 0 Å². The molecule has 3 nitrogen and oxygen atoms in total. The molecular weight excluding hydrogens is 178 g/mol. The average molecular weight is 203 g/mol. The number of unbranched alkanes of at least 4 members (excludes halogenated alkanes) is 3. The summed E-state index contributed by atoms with van der Waals surface area (Å²) in [6.07, 6.45) is 4.32. The van der Waals surface area contributed by atoms with E-state index in [-0.39, 0.29) is 0 Å². The van der Waals surface area contributed by atoms with Crippen molar-refractivity contribution in [2.24, 2.45) is 0 Å². The molecule has 0 atom stereocenters. The van der Waals surface area contributed by atoms with Crippen LogP contribution in [0.1, 0.15) is 39.5 Å². The Balaban J connectivity index is 3.31. The number of hydrogen-bond acceptors (Lipinski definition) is 3. The molecule has 0 aromatic carbocycles. The third-order valence-corrected chi connectivity index (χ3v) is 2.10. The van der Waals surface area contributed by atoms with Crippen molar-refractivity contribution in [1.82, 2.24) is 4.90 Å². The molecule has 0 spiro atoms. The van der Waals surface area contributed by atoms with E-state index in [9.17, 15) is 5.11 Å². The highest BCUT2D eigenvalue weighted by Crippen LogP contribution is 2.05. The van der Waals surface area contributed by atoms with Crippen LogP contribution in [0.2, 0.25) is 0 Å². The highest BCUT2D eigenvalue weighted by Gasteiger charge is 2.14. The van der Waals surface area contributed by atoms with Crippen molar-refractivity contribution in [3.05, 3.63) is 0 Å². The first-order valence-electron chi connectivity index (χ1n) is 5.47. The fourth-order valence-electron chi connectivity index (χ4n) is 1.59. The summed E-state index contributed by atoms with van der Waals surface area (Å²) in [5.41, 5.74) is -0.597. The van der Waals surface area contributed by atoms with Gasteiger partial charge >= 0.3 is 0 Å². The van der Waals surface area contributed by atoms with Crippen molar-refractivity contribution in [1.29, 1.82) is 0 Å². The van der Waals surface area contributed by atoms with Crippen molar-refractivity contribution in [3.8, 4) is 0 Å². The summed E-state index contributed by atoms with van der Waals surface area (Å²) in [5, 5.41) is 18.1. The molecule has 0 amide bonds. The molecule has 2 N–H and O–H groups in total. The predicted molar refractivity (Wildman–Crippen MR) is 59.3 cm³/mol. The van der Waals surface area contributed by atoms with Crippen LogP contribution in [0.4, 0.5) is 0 Å². The summed E-state index contributed by atoms with van der Waals surface area (Å²) >= 11 is 0. The molecule has 0 saturated carbocycles. The third-order valence-electron chi connectivity index (χ3n) is 2.10. The Labute approximate surface area is 87.7 Å². The molecule has 0 unspecified atom stereocenters. The second-order valence-corrected chi connectivity index (χ2v) is 4.69. The molecule has 0 saturated heterocycles. The number of hydrogen-bond donors (Lipinski definition) is 2. The van der Waals surface area contributed by atoms with Crippen LogP contribution in [-0.4, -0.2) is 47.5 Å². The summed E-state index contributed by atoms with van der Waals surface area (Å²) in [7, 11) is 2.03. The second-order valence-electron chi connectivity index (χ2n) is 4.69. The first-order valence-corrected chi connectivity index (χ1v) is 5.47. The lowest BCUT2D eigenvalue weighted by Crippen LogP contribution is -2.36. The molecule has 0 aliphatic carbocycles. The monoisotopic (exact) mass is 203 g/mol. The summed E-state index contributed by atoms with van der Waals surface area (Å²) in [6.45, 7) is 5.70. The fourth-order valence-corrected chi connectivity index (χ4v) is 1.59. The van der Waals surface area contributed by atoms with E-state index >= 15 is 0 Å². The van der Waals surface area contributed by atoms with Gasteiger partial charge in [0, 0.05) is 13.2 Å². The van der Waals surface area contributed by atoms with Gasteiger partial charge in [0.25, 0.3) is 0 Å². The van der Waals surface area contributed by atoms with E-state index in [2.05, 4.69) is 4.90 Å². The third kappa shape index (κ3) is 9.96. The van der Waals surface area contributed by atoms with Gasteiger partial charge < -0.3 is 15.1 Å². The highest BCUT2D eigenvalue weighted by atomic mass is 16.3. The standard InChI is InChI=1S/C11H25NO2/c1-11(2,14)10-12(3)8-6-4-5-7-9-13/h13-14H,4-10H2,1-3H3. The lowest BCUT2D eigenvalue weighted by molar-refractivity contribution is 0.0442. The van der Waals surface area contributed by atoms with Crippen LogP contribution >= 0.6 is 0 Å². The van der Waals surface area contributed by atoms with Gasteiger partial charge in [-0.25, -0.2) is 0 Å². The molecule has 0 rings (SSSR count). The lowest BCUT2D eigenvalue weighted by Gasteiger charge is -2.25. The van der Waals surface area contributed by atoms with E-state index in [0.717, 1.165) is 32.2 Å². The average Bonchev–Trinajstić information content (AvgIpc) is 2.00. The van der Waals surface area contributed by atoms with Crippen molar-refractivity contribution in [2.45, 2.75) is 45.1 Å². The van der Waals surface area contributed by atoms with Crippen LogP contribution in [0.25, 0.3) is 0 Å². The van der Waals surface area contributed by atoms with Gasteiger partial charge in [-0.15, -0.1) is 0 Å². The van der Waals surface area contributed by atoms with Gasteiger partial charge in [-0.05, 0) is 40.3 Å². The minimum absolute atomic E-state index is 0.305. The van der Waals surface area contributed by atoms with E-state index in [1.165, 1.54) is 0 Å². The maximum Gasteiger partial charge on any atom is 0.0718 e. The van der Waals surface area contributed by atoms with E-state index < -0.39 is 5.60 Å². The van der Waals surface area contributed by atoms with Crippen LogP contribution in [0.15, 0.2) is 0 Å². The topological polar surface area (TPSA) is 43.7 Å². The van der Waals surface area contributed by atoms with Crippen molar-refractivity contribution in [3.63, 3.8) is 0 Å². The van der Waals surface area contributed by atoms with Gasteiger partial charge in [-0.3, -0.25) is 0 Å². The zero-order chi connectivity index (χ0) is 11.0. The Kier molecular flexibility index (Phi) is 7.15. The summed E-state index contributed by atoms with van der Waals surface area (Å²) < 4.78 is 0. The molecule has 0 aliphatic rings. The number of nitrogens with zero attached hydrogens (tertiary/aromatic N) is 1. The Bertz CT molecular complexity index is 132. The number of aliphatic hydroxyl groups excluding tert-OH is 1. The molecule has 0 aromatic heterocycles. The van der Waals surface area contributed by atoms with E-state index in [1.54, 1.807) is 0 Å². The van der Waals surface area contributed by atoms with E-state index in [4.69, 9.17) is 5.11 Å². The quantitative estimate of drug-likeness (QED) is 0.583. The molecule has 0 fully saturated rings. The molecule has 86 valence electrons. The highest BCUT2D eigenvalue weighted by molar-refractivity contribution is 4.69.